The number of para-hydroxylation sites is 1. The lowest BCUT2D eigenvalue weighted by molar-refractivity contribution is -0.118. The summed E-state index contributed by atoms with van der Waals surface area (Å²) in [5.74, 6) is 0.733. The standard InChI is InChI=1S/C26H27ClN2O4S/c1-4-24(26(31)29-22-13-17(2)21(27)15-23(22)32-3)34-20-12-8-9-18(14-20)28-25(30)16-33-19-10-6-5-7-11-19/h5-15,24H,4,16H2,1-3H3,(H,28,30)(H,29,31). The third-order valence-corrected chi connectivity index (χ3v) is 6.68. The molecule has 0 radical (unpaired) electrons. The molecule has 178 valence electrons. The second kappa shape index (κ2) is 12.3. The van der Waals surface area contributed by atoms with E-state index in [1.807, 2.05) is 50.2 Å². The number of thioether (sulfide) groups is 1. The van der Waals surface area contributed by atoms with Gasteiger partial charge in [-0.3, -0.25) is 9.59 Å². The molecular formula is C26H27ClN2O4S. The van der Waals surface area contributed by atoms with E-state index in [4.69, 9.17) is 21.1 Å². The SMILES string of the molecule is CCC(Sc1cccc(NC(=O)COc2ccccc2)c1)C(=O)Nc1cc(C)c(Cl)cc1OC. The van der Waals surface area contributed by atoms with Crippen LogP contribution in [0.1, 0.15) is 18.9 Å². The van der Waals surface area contributed by atoms with Gasteiger partial charge in [0.25, 0.3) is 5.91 Å². The van der Waals surface area contributed by atoms with Crippen LogP contribution in [-0.2, 0) is 9.59 Å². The lowest BCUT2D eigenvalue weighted by Crippen LogP contribution is -2.25. The van der Waals surface area contributed by atoms with E-state index in [0.717, 1.165) is 10.5 Å². The minimum absolute atomic E-state index is 0.0935. The fraction of sp³-hybridized carbons (Fsp3) is 0.231. The van der Waals surface area contributed by atoms with Crippen molar-refractivity contribution in [1.29, 1.82) is 0 Å². The third kappa shape index (κ3) is 7.17. The molecule has 1 unspecified atom stereocenters. The van der Waals surface area contributed by atoms with Gasteiger partial charge in [0.05, 0.1) is 18.0 Å². The van der Waals surface area contributed by atoms with Crippen molar-refractivity contribution in [2.24, 2.45) is 0 Å². The van der Waals surface area contributed by atoms with E-state index in [1.54, 1.807) is 30.3 Å². The highest BCUT2D eigenvalue weighted by atomic mass is 35.5. The number of aryl methyl sites for hydroxylation is 1. The van der Waals surface area contributed by atoms with Crippen LogP contribution in [0.4, 0.5) is 11.4 Å². The lowest BCUT2D eigenvalue weighted by atomic mass is 10.2. The first-order valence-corrected chi connectivity index (χ1v) is 12.0. The first kappa shape index (κ1) is 25.5. The first-order valence-electron chi connectivity index (χ1n) is 10.8. The maximum atomic E-state index is 13.0. The predicted octanol–water partition coefficient (Wildman–Crippen LogP) is 6.18. The van der Waals surface area contributed by atoms with Crippen LogP contribution < -0.4 is 20.1 Å². The zero-order valence-electron chi connectivity index (χ0n) is 19.3. The molecule has 0 saturated carbocycles. The Morgan fingerprint density at radius 2 is 1.79 bits per heavy atom. The number of hydrogen-bond acceptors (Lipinski definition) is 5. The van der Waals surface area contributed by atoms with Gasteiger partial charge >= 0.3 is 0 Å². The van der Waals surface area contributed by atoms with Gasteiger partial charge in [-0.05, 0) is 55.3 Å². The topological polar surface area (TPSA) is 76.7 Å². The molecule has 34 heavy (non-hydrogen) atoms. The molecule has 0 aliphatic heterocycles. The van der Waals surface area contributed by atoms with E-state index in [-0.39, 0.29) is 23.7 Å². The Morgan fingerprint density at radius 1 is 1.03 bits per heavy atom. The summed E-state index contributed by atoms with van der Waals surface area (Å²) in [7, 11) is 1.54. The van der Waals surface area contributed by atoms with Crippen LogP contribution >= 0.6 is 23.4 Å². The molecule has 3 aromatic carbocycles. The molecule has 1 atom stereocenters. The molecule has 0 aliphatic carbocycles. The number of hydrogen-bond donors (Lipinski definition) is 2. The minimum atomic E-state index is -0.340. The van der Waals surface area contributed by atoms with Gasteiger partial charge in [-0.25, -0.2) is 0 Å². The Kier molecular flexibility index (Phi) is 9.24. The number of carbonyl (C=O) groups is 2. The summed E-state index contributed by atoms with van der Waals surface area (Å²) in [5.41, 5.74) is 2.06. The largest absolute Gasteiger partial charge is 0.495 e. The molecule has 3 aromatic rings. The number of amides is 2. The Morgan fingerprint density at radius 3 is 2.50 bits per heavy atom. The molecule has 6 nitrogen and oxygen atoms in total. The van der Waals surface area contributed by atoms with Gasteiger partial charge < -0.3 is 20.1 Å². The molecular weight excluding hydrogens is 472 g/mol. The average molecular weight is 499 g/mol. The molecule has 0 aliphatic rings. The maximum Gasteiger partial charge on any atom is 0.262 e. The van der Waals surface area contributed by atoms with Crippen LogP contribution in [-0.4, -0.2) is 30.8 Å². The number of halogens is 1. The molecule has 0 aromatic heterocycles. The zero-order valence-corrected chi connectivity index (χ0v) is 20.8. The quantitative estimate of drug-likeness (QED) is 0.326. The molecule has 2 amide bonds. The van der Waals surface area contributed by atoms with Gasteiger partial charge in [-0.15, -0.1) is 11.8 Å². The van der Waals surface area contributed by atoms with E-state index in [2.05, 4.69) is 10.6 Å². The van der Waals surface area contributed by atoms with Crippen LogP contribution in [0.15, 0.2) is 71.6 Å². The van der Waals surface area contributed by atoms with E-state index in [0.29, 0.717) is 34.3 Å². The van der Waals surface area contributed by atoms with Crippen LogP contribution in [0.3, 0.4) is 0 Å². The van der Waals surface area contributed by atoms with Gasteiger partial charge in [-0.2, -0.15) is 0 Å². The zero-order chi connectivity index (χ0) is 24.5. The second-order valence-corrected chi connectivity index (χ2v) is 9.17. The molecule has 2 N–H and O–H groups in total. The van der Waals surface area contributed by atoms with Crippen LogP contribution in [0.2, 0.25) is 5.02 Å². The van der Waals surface area contributed by atoms with Crippen molar-refractivity contribution in [2.75, 3.05) is 24.4 Å². The summed E-state index contributed by atoms with van der Waals surface area (Å²) in [4.78, 5) is 26.1. The molecule has 0 spiro atoms. The van der Waals surface area contributed by atoms with Crippen LogP contribution in [0.5, 0.6) is 11.5 Å². The predicted molar refractivity (Wildman–Crippen MR) is 138 cm³/mol. The summed E-state index contributed by atoms with van der Waals surface area (Å²) in [6, 6.07) is 20.0. The Bertz CT molecular complexity index is 1140. The Hall–Kier alpha value is -3.16. The minimum Gasteiger partial charge on any atom is -0.495 e. The number of nitrogens with one attached hydrogen (secondary N) is 2. The molecule has 0 fully saturated rings. The van der Waals surface area contributed by atoms with Crippen LogP contribution in [0, 0.1) is 6.92 Å². The second-order valence-electron chi connectivity index (χ2n) is 7.48. The number of carbonyl (C=O) groups excluding carboxylic acids is 2. The van der Waals surface area contributed by atoms with Crippen molar-refractivity contribution in [1.82, 2.24) is 0 Å². The fourth-order valence-electron chi connectivity index (χ4n) is 3.14. The maximum absolute atomic E-state index is 13.0. The summed E-state index contributed by atoms with van der Waals surface area (Å²) >= 11 is 7.59. The van der Waals surface area contributed by atoms with E-state index in [1.165, 1.54) is 18.9 Å². The average Bonchev–Trinajstić information content (AvgIpc) is 2.84. The van der Waals surface area contributed by atoms with Crippen molar-refractivity contribution >= 4 is 46.6 Å². The highest BCUT2D eigenvalue weighted by Crippen LogP contribution is 2.33. The van der Waals surface area contributed by atoms with E-state index in [9.17, 15) is 9.59 Å². The van der Waals surface area contributed by atoms with Gasteiger partial charge in [0.2, 0.25) is 5.91 Å². The molecule has 0 bridgehead atoms. The van der Waals surface area contributed by atoms with Gasteiger partial charge in [0.1, 0.15) is 11.5 Å². The van der Waals surface area contributed by atoms with Gasteiger partial charge in [-0.1, -0.05) is 42.8 Å². The number of rotatable bonds is 10. The smallest absolute Gasteiger partial charge is 0.262 e. The van der Waals surface area contributed by atoms with Crippen molar-refractivity contribution in [3.05, 3.63) is 77.3 Å². The van der Waals surface area contributed by atoms with Gasteiger partial charge in [0.15, 0.2) is 6.61 Å². The van der Waals surface area contributed by atoms with E-state index < -0.39 is 0 Å². The summed E-state index contributed by atoms with van der Waals surface area (Å²) in [5, 5.41) is 6.02. The highest BCUT2D eigenvalue weighted by Gasteiger charge is 2.20. The number of anilines is 2. The summed E-state index contributed by atoms with van der Waals surface area (Å²) < 4.78 is 10.8. The summed E-state index contributed by atoms with van der Waals surface area (Å²) in [6.45, 7) is 3.73. The van der Waals surface area contributed by atoms with Crippen molar-refractivity contribution in [2.45, 2.75) is 30.4 Å². The monoisotopic (exact) mass is 498 g/mol. The van der Waals surface area contributed by atoms with Crippen LogP contribution in [0.25, 0.3) is 0 Å². The molecule has 8 heteroatoms. The molecule has 0 saturated heterocycles. The Balaban J connectivity index is 1.61. The highest BCUT2D eigenvalue weighted by molar-refractivity contribution is 8.00. The summed E-state index contributed by atoms with van der Waals surface area (Å²) in [6.07, 6.45) is 0.618. The number of ether oxygens (including phenoxy) is 2. The number of benzene rings is 3. The van der Waals surface area contributed by atoms with Crippen molar-refractivity contribution < 1.29 is 19.1 Å². The van der Waals surface area contributed by atoms with Crippen molar-refractivity contribution in [3.8, 4) is 11.5 Å². The number of methoxy groups -OCH3 is 1. The van der Waals surface area contributed by atoms with E-state index >= 15 is 0 Å². The Labute approximate surface area is 209 Å². The molecule has 0 heterocycles. The van der Waals surface area contributed by atoms with Gasteiger partial charge in [0, 0.05) is 21.7 Å². The lowest BCUT2D eigenvalue weighted by Gasteiger charge is -2.17. The molecule has 3 rings (SSSR count). The normalized spacial score (nSPS) is 11.4. The van der Waals surface area contributed by atoms with Crippen molar-refractivity contribution in [3.63, 3.8) is 0 Å². The third-order valence-electron chi connectivity index (χ3n) is 4.91. The fourth-order valence-corrected chi connectivity index (χ4v) is 4.31. The first-order chi connectivity index (χ1) is 16.4.